The molecule has 0 aromatic heterocycles. The molecule has 0 atom stereocenters. The number of nitrogens with zero attached hydrogens (tertiary/aromatic N) is 2. The monoisotopic (exact) mass is 478 g/mol. The number of fused-ring (bicyclic) bond motifs is 1. The standard InChI is InChI=1S/C21H26N4O.HI/c1-2-22-21(25-16-13-17-9-6-7-12-19(17)25)24-15-8-14-23-20(26)18-10-4-3-5-11-18;/h3-7,9-12H,2,8,13-16H2,1H3,(H,22,24)(H,23,26);1H. The Labute approximate surface area is 178 Å². The highest BCUT2D eigenvalue weighted by atomic mass is 127. The molecule has 0 unspecified atom stereocenters. The molecule has 1 amide bonds. The topological polar surface area (TPSA) is 56.7 Å². The zero-order valence-corrected chi connectivity index (χ0v) is 18.0. The molecule has 0 fully saturated rings. The molecule has 27 heavy (non-hydrogen) atoms. The van der Waals surface area contributed by atoms with Crippen molar-refractivity contribution in [3.8, 4) is 0 Å². The molecule has 1 aliphatic heterocycles. The van der Waals surface area contributed by atoms with E-state index < -0.39 is 0 Å². The van der Waals surface area contributed by atoms with Gasteiger partial charge in [0, 0.05) is 37.4 Å². The molecule has 1 heterocycles. The van der Waals surface area contributed by atoms with Crippen LogP contribution in [0.25, 0.3) is 0 Å². The maximum atomic E-state index is 12.0. The number of halogens is 1. The summed E-state index contributed by atoms with van der Waals surface area (Å²) in [5.41, 5.74) is 3.30. The third kappa shape index (κ3) is 5.69. The van der Waals surface area contributed by atoms with E-state index in [1.54, 1.807) is 0 Å². The van der Waals surface area contributed by atoms with Crippen LogP contribution in [0.5, 0.6) is 0 Å². The van der Waals surface area contributed by atoms with Crippen LogP contribution >= 0.6 is 24.0 Å². The number of carbonyl (C=O) groups excluding carboxylic acids is 1. The molecule has 2 aromatic carbocycles. The second-order valence-electron chi connectivity index (χ2n) is 6.24. The van der Waals surface area contributed by atoms with Crippen LogP contribution < -0.4 is 15.5 Å². The Hall–Kier alpha value is -2.09. The molecule has 0 saturated heterocycles. The van der Waals surface area contributed by atoms with E-state index in [1.807, 2.05) is 30.3 Å². The van der Waals surface area contributed by atoms with Crippen LogP contribution in [0.15, 0.2) is 59.6 Å². The summed E-state index contributed by atoms with van der Waals surface area (Å²) in [5.74, 6) is 0.891. The minimum atomic E-state index is -0.0324. The first-order chi connectivity index (χ1) is 12.8. The van der Waals surface area contributed by atoms with Gasteiger partial charge in [-0.15, -0.1) is 24.0 Å². The summed E-state index contributed by atoms with van der Waals surface area (Å²) in [6, 6.07) is 17.8. The molecule has 0 spiro atoms. The van der Waals surface area contributed by atoms with E-state index in [4.69, 9.17) is 4.99 Å². The molecule has 0 radical (unpaired) electrons. The fourth-order valence-electron chi connectivity index (χ4n) is 3.11. The number of amides is 1. The molecule has 1 aliphatic rings. The van der Waals surface area contributed by atoms with Crippen LogP contribution in [-0.2, 0) is 6.42 Å². The molecule has 6 heteroatoms. The summed E-state index contributed by atoms with van der Waals surface area (Å²) in [4.78, 5) is 19.0. The van der Waals surface area contributed by atoms with Gasteiger partial charge in [-0.25, -0.2) is 0 Å². The molecule has 2 aromatic rings. The lowest BCUT2D eigenvalue weighted by Gasteiger charge is -2.22. The highest BCUT2D eigenvalue weighted by Crippen LogP contribution is 2.27. The van der Waals surface area contributed by atoms with E-state index in [9.17, 15) is 4.79 Å². The second kappa shape index (κ2) is 10.9. The van der Waals surface area contributed by atoms with Gasteiger partial charge < -0.3 is 15.5 Å². The van der Waals surface area contributed by atoms with Gasteiger partial charge in [0.05, 0.1) is 0 Å². The third-order valence-electron chi connectivity index (χ3n) is 4.40. The van der Waals surface area contributed by atoms with Gasteiger partial charge in [-0.05, 0) is 43.5 Å². The molecule has 0 bridgehead atoms. The summed E-state index contributed by atoms with van der Waals surface area (Å²) >= 11 is 0. The smallest absolute Gasteiger partial charge is 0.251 e. The van der Waals surface area contributed by atoms with E-state index in [0.717, 1.165) is 31.9 Å². The Morgan fingerprint density at radius 3 is 2.59 bits per heavy atom. The number of hydrogen-bond donors (Lipinski definition) is 2. The van der Waals surface area contributed by atoms with E-state index >= 15 is 0 Å². The normalized spacial score (nSPS) is 12.9. The predicted molar refractivity (Wildman–Crippen MR) is 122 cm³/mol. The quantitative estimate of drug-likeness (QED) is 0.290. The molecule has 0 saturated carbocycles. The van der Waals surface area contributed by atoms with E-state index in [1.165, 1.54) is 11.3 Å². The number of para-hydroxylation sites is 1. The van der Waals surface area contributed by atoms with Crippen molar-refractivity contribution >= 4 is 41.5 Å². The highest BCUT2D eigenvalue weighted by molar-refractivity contribution is 14.0. The molecule has 3 rings (SSSR count). The molecule has 144 valence electrons. The van der Waals surface area contributed by atoms with Gasteiger partial charge in [-0.1, -0.05) is 36.4 Å². The summed E-state index contributed by atoms with van der Waals surface area (Å²) in [5, 5.41) is 6.33. The lowest BCUT2D eigenvalue weighted by atomic mass is 10.2. The number of benzene rings is 2. The maximum absolute atomic E-state index is 12.0. The number of rotatable bonds is 6. The van der Waals surface area contributed by atoms with Gasteiger partial charge in [0.25, 0.3) is 5.91 Å². The van der Waals surface area contributed by atoms with Gasteiger partial charge in [-0.3, -0.25) is 9.79 Å². The predicted octanol–water partition coefficient (Wildman–Crippen LogP) is 3.45. The van der Waals surface area contributed by atoms with Crippen molar-refractivity contribution in [1.29, 1.82) is 0 Å². The van der Waals surface area contributed by atoms with Gasteiger partial charge in [-0.2, -0.15) is 0 Å². The fraction of sp³-hybridized carbons (Fsp3) is 0.333. The Bertz CT molecular complexity index is 764. The minimum Gasteiger partial charge on any atom is -0.356 e. The van der Waals surface area contributed by atoms with Crippen molar-refractivity contribution in [2.24, 2.45) is 4.99 Å². The average molecular weight is 478 g/mol. The first kappa shape index (κ1) is 21.2. The summed E-state index contributed by atoms with van der Waals surface area (Å²) in [6.45, 7) is 5.17. The van der Waals surface area contributed by atoms with Gasteiger partial charge in [0.1, 0.15) is 0 Å². The van der Waals surface area contributed by atoms with Gasteiger partial charge >= 0.3 is 0 Å². The number of anilines is 1. The Balaban J connectivity index is 0.00000261. The van der Waals surface area contributed by atoms with E-state index in [-0.39, 0.29) is 29.9 Å². The largest absolute Gasteiger partial charge is 0.356 e. The zero-order chi connectivity index (χ0) is 18.2. The number of guanidine groups is 1. The van der Waals surface area contributed by atoms with Crippen LogP contribution in [0.4, 0.5) is 5.69 Å². The van der Waals surface area contributed by atoms with Crippen molar-refractivity contribution in [2.75, 3.05) is 31.1 Å². The SMILES string of the molecule is CCNC(=NCCCNC(=O)c1ccccc1)N1CCc2ccccc21.I. The lowest BCUT2D eigenvalue weighted by Crippen LogP contribution is -2.40. The van der Waals surface area contributed by atoms with Crippen LogP contribution in [0, 0.1) is 0 Å². The summed E-state index contributed by atoms with van der Waals surface area (Å²) in [6.07, 6.45) is 1.86. The van der Waals surface area contributed by atoms with E-state index in [2.05, 4.69) is 46.7 Å². The van der Waals surface area contributed by atoms with Crippen molar-refractivity contribution in [1.82, 2.24) is 10.6 Å². The van der Waals surface area contributed by atoms with E-state index in [0.29, 0.717) is 18.7 Å². The lowest BCUT2D eigenvalue weighted by molar-refractivity contribution is 0.0953. The molecular formula is C21H27IN4O. The van der Waals surface area contributed by atoms with Gasteiger partial charge in [0.2, 0.25) is 0 Å². The average Bonchev–Trinajstić information content (AvgIpc) is 3.11. The van der Waals surface area contributed by atoms with Crippen molar-refractivity contribution < 1.29 is 4.79 Å². The first-order valence-electron chi connectivity index (χ1n) is 9.26. The first-order valence-corrected chi connectivity index (χ1v) is 9.26. The second-order valence-corrected chi connectivity index (χ2v) is 6.24. The molecular weight excluding hydrogens is 451 g/mol. The van der Waals surface area contributed by atoms with Crippen LogP contribution in [-0.4, -0.2) is 38.0 Å². The Kier molecular flexibility index (Phi) is 8.57. The fourth-order valence-corrected chi connectivity index (χ4v) is 3.11. The number of hydrogen-bond acceptors (Lipinski definition) is 2. The Morgan fingerprint density at radius 2 is 1.81 bits per heavy atom. The van der Waals surface area contributed by atoms with Crippen LogP contribution in [0.3, 0.4) is 0 Å². The zero-order valence-electron chi connectivity index (χ0n) is 15.6. The van der Waals surface area contributed by atoms with Crippen LogP contribution in [0.1, 0.15) is 29.3 Å². The van der Waals surface area contributed by atoms with Crippen molar-refractivity contribution in [2.45, 2.75) is 19.8 Å². The number of carbonyl (C=O) groups is 1. The summed E-state index contributed by atoms with van der Waals surface area (Å²) in [7, 11) is 0. The Morgan fingerprint density at radius 1 is 1.07 bits per heavy atom. The summed E-state index contributed by atoms with van der Waals surface area (Å²) < 4.78 is 0. The highest BCUT2D eigenvalue weighted by Gasteiger charge is 2.22. The number of aliphatic imine (C=N–C) groups is 1. The van der Waals surface area contributed by atoms with Crippen molar-refractivity contribution in [3.05, 3.63) is 65.7 Å². The van der Waals surface area contributed by atoms with Gasteiger partial charge in [0.15, 0.2) is 5.96 Å². The van der Waals surface area contributed by atoms with Crippen molar-refractivity contribution in [3.63, 3.8) is 0 Å². The molecule has 5 nitrogen and oxygen atoms in total. The maximum Gasteiger partial charge on any atom is 0.251 e. The molecule has 0 aliphatic carbocycles. The number of nitrogens with one attached hydrogen (secondary N) is 2. The van der Waals surface area contributed by atoms with Crippen LogP contribution in [0.2, 0.25) is 0 Å². The third-order valence-corrected chi connectivity index (χ3v) is 4.40. The minimum absolute atomic E-state index is 0. The molecule has 2 N–H and O–H groups in total.